The molecule has 0 aliphatic carbocycles. The standard InChI is InChI=1S/C12H12F2N4O2/c13-12(14,7-19)9-6-10(16-11(15)20)18(17-9)8-4-2-1-3-5-8/h1-6,19H,7H2,(H3,15,16,20). The molecule has 0 atom stereocenters. The molecule has 2 aromatic rings. The summed E-state index contributed by atoms with van der Waals surface area (Å²) in [5.74, 6) is -3.51. The molecule has 2 rings (SSSR count). The second-order valence-electron chi connectivity index (χ2n) is 4.01. The molecule has 1 aromatic carbocycles. The first-order valence-corrected chi connectivity index (χ1v) is 5.65. The number of hydrogen-bond acceptors (Lipinski definition) is 3. The highest BCUT2D eigenvalue weighted by Gasteiger charge is 2.35. The van der Waals surface area contributed by atoms with Crippen LogP contribution in [0, 0.1) is 0 Å². The smallest absolute Gasteiger partial charge is 0.317 e. The molecule has 0 aliphatic rings. The van der Waals surface area contributed by atoms with Crippen LogP contribution in [0.15, 0.2) is 36.4 Å². The van der Waals surface area contributed by atoms with E-state index in [0.29, 0.717) is 5.69 Å². The molecular formula is C12H12F2N4O2. The lowest BCUT2D eigenvalue weighted by Gasteiger charge is -2.09. The predicted octanol–water partition coefficient (Wildman–Crippen LogP) is 1.45. The van der Waals surface area contributed by atoms with Crippen molar-refractivity contribution >= 4 is 11.8 Å². The third-order valence-electron chi connectivity index (χ3n) is 2.53. The lowest BCUT2D eigenvalue weighted by molar-refractivity contribution is -0.0594. The Labute approximate surface area is 112 Å². The van der Waals surface area contributed by atoms with Crippen molar-refractivity contribution in [1.82, 2.24) is 9.78 Å². The zero-order chi connectivity index (χ0) is 14.8. The number of aliphatic hydroxyl groups is 1. The minimum Gasteiger partial charge on any atom is -0.390 e. The molecule has 1 aromatic heterocycles. The number of carbonyl (C=O) groups excluding carboxylic acids is 1. The van der Waals surface area contributed by atoms with E-state index in [1.165, 1.54) is 0 Å². The lowest BCUT2D eigenvalue weighted by atomic mass is 10.2. The van der Waals surface area contributed by atoms with Crippen LogP contribution in [0.1, 0.15) is 5.69 Å². The van der Waals surface area contributed by atoms with Crippen LogP contribution in [-0.2, 0) is 5.92 Å². The van der Waals surface area contributed by atoms with Crippen LogP contribution >= 0.6 is 0 Å². The first kappa shape index (κ1) is 13.9. The summed E-state index contributed by atoms with van der Waals surface area (Å²) in [5.41, 5.74) is 4.80. The van der Waals surface area contributed by atoms with Gasteiger partial charge in [0.2, 0.25) is 0 Å². The van der Waals surface area contributed by atoms with E-state index in [1.54, 1.807) is 30.3 Å². The van der Waals surface area contributed by atoms with Crippen LogP contribution in [0.5, 0.6) is 0 Å². The lowest BCUT2D eigenvalue weighted by Crippen LogP contribution is -2.21. The monoisotopic (exact) mass is 282 g/mol. The number of para-hydroxylation sites is 1. The van der Waals surface area contributed by atoms with Crippen LogP contribution in [0.25, 0.3) is 5.69 Å². The number of amides is 2. The number of hydrogen-bond donors (Lipinski definition) is 3. The summed E-state index contributed by atoms with van der Waals surface area (Å²) < 4.78 is 28.0. The summed E-state index contributed by atoms with van der Waals surface area (Å²) in [5, 5.41) is 14.6. The van der Waals surface area contributed by atoms with E-state index < -0.39 is 24.3 Å². The molecule has 0 fully saturated rings. The number of alkyl halides is 2. The minimum atomic E-state index is -3.51. The van der Waals surface area contributed by atoms with Gasteiger partial charge in [-0.1, -0.05) is 18.2 Å². The minimum absolute atomic E-state index is 0.00757. The summed E-state index contributed by atoms with van der Waals surface area (Å²) in [6.45, 7) is -1.38. The number of benzene rings is 1. The van der Waals surface area contributed by atoms with Gasteiger partial charge < -0.3 is 10.8 Å². The number of primary amides is 1. The molecule has 106 valence electrons. The van der Waals surface area contributed by atoms with E-state index >= 15 is 0 Å². The maximum Gasteiger partial charge on any atom is 0.317 e. The number of rotatable bonds is 4. The van der Waals surface area contributed by atoms with Gasteiger partial charge in [0.15, 0.2) is 0 Å². The van der Waals surface area contributed by atoms with E-state index in [1.807, 2.05) is 0 Å². The van der Waals surface area contributed by atoms with Gasteiger partial charge in [0.1, 0.15) is 18.1 Å². The number of anilines is 1. The molecule has 4 N–H and O–H groups in total. The van der Waals surface area contributed by atoms with Crippen molar-refractivity contribution in [2.24, 2.45) is 5.73 Å². The number of nitrogens with one attached hydrogen (secondary N) is 1. The van der Waals surface area contributed by atoms with E-state index in [4.69, 9.17) is 10.8 Å². The van der Waals surface area contributed by atoms with Gasteiger partial charge >= 0.3 is 12.0 Å². The second kappa shape index (κ2) is 5.25. The molecule has 0 radical (unpaired) electrons. The van der Waals surface area contributed by atoms with Crippen LogP contribution < -0.4 is 11.1 Å². The number of aromatic nitrogens is 2. The summed E-state index contributed by atoms with van der Waals surface area (Å²) in [6.07, 6.45) is 0. The fourth-order valence-electron chi connectivity index (χ4n) is 1.62. The number of halogens is 2. The highest BCUT2D eigenvalue weighted by Crippen LogP contribution is 2.29. The molecule has 8 heteroatoms. The molecular weight excluding hydrogens is 270 g/mol. The summed E-state index contributed by atoms with van der Waals surface area (Å²) in [7, 11) is 0. The Morgan fingerprint density at radius 3 is 2.60 bits per heavy atom. The van der Waals surface area contributed by atoms with Crippen LogP contribution in [-0.4, -0.2) is 27.5 Å². The largest absolute Gasteiger partial charge is 0.390 e. The molecule has 0 saturated carbocycles. The van der Waals surface area contributed by atoms with E-state index in [-0.39, 0.29) is 5.82 Å². The Hall–Kier alpha value is -2.48. The van der Waals surface area contributed by atoms with E-state index in [2.05, 4.69) is 10.4 Å². The first-order valence-electron chi connectivity index (χ1n) is 5.65. The van der Waals surface area contributed by atoms with Crippen LogP contribution in [0.2, 0.25) is 0 Å². The van der Waals surface area contributed by atoms with Crippen LogP contribution in [0.4, 0.5) is 19.4 Å². The molecule has 0 aliphatic heterocycles. The van der Waals surface area contributed by atoms with Crippen molar-refractivity contribution in [1.29, 1.82) is 0 Å². The average Bonchev–Trinajstić information content (AvgIpc) is 2.83. The fourth-order valence-corrected chi connectivity index (χ4v) is 1.62. The summed E-state index contributed by atoms with van der Waals surface area (Å²) in [6, 6.07) is 8.44. The van der Waals surface area contributed by atoms with Crippen molar-refractivity contribution in [3.8, 4) is 5.69 Å². The van der Waals surface area contributed by atoms with Gasteiger partial charge in [-0.25, -0.2) is 9.48 Å². The second-order valence-corrected chi connectivity index (χ2v) is 4.01. The van der Waals surface area contributed by atoms with E-state index in [9.17, 15) is 13.6 Å². The van der Waals surface area contributed by atoms with Gasteiger partial charge in [0.25, 0.3) is 0 Å². The van der Waals surface area contributed by atoms with Crippen molar-refractivity contribution in [2.75, 3.05) is 11.9 Å². The normalized spacial score (nSPS) is 11.3. The van der Waals surface area contributed by atoms with Crippen molar-refractivity contribution in [2.45, 2.75) is 5.92 Å². The highest BCUT2D eigenvalue weighted by molar-refractivity contribution is 5.87. The quantitative estimate of drug-likeness (QED) is 0.792. The predicted molar refractivity (Wildman–Crippen MR) is 67.7 cm³/mol. The third-order valence-corrected chi connectivity index (χ3v) is 2.53. The van der Waals surface area contributed by atoms with Gasteiger partial charge in [-0.15, -0.1) is 0 Å². The highest BCUT2D eigenvalue weighted by atomic mass is 19.3. The zero-order valence-electron chi connectivity index (χ0n) is 10.3. The number of aliphatic hydroxyl groups excluding tert-OH is 1. The van der Waals surface area contributed by atoms with Crippen molar-refractivity contribution in [3.05, 3.63) is 42.1 Å². The topological polar surface area (TPSA) is 93.2 Å². The van der Waals surface area contributed by atoms with Gasteiger partial charge in [-0.2, -0.15) is 13.9 Å². The molecule has 6 nitrogen and oxygen atoms in total. The molecule has 2 amide bonds. The average molecular weight is 282 g/mol. The zero-order valence-corrected chi connectivity index (χ0v) is 10.3. The van der Waals surface area contributed by atoms with Gasteiger partial charge in [0.05, 0.1) is 5.69 Å². The molecule has 20 heavy (non-hydrogen) atoms. The third kappa shape index (κ3) is 2.75. The van der Waals surface area contributed by atoms with Crippen molar-refractivity contribution < 1.29 is 18.7 Å². The Bertz CT molecular complexity index is 613. The number of urea groups is 1. The van der Waals surface area contributed by atoms with Crippen LogP contribution in [0.3, 0.4) is 0 Å². The Morgan fingerprint density at radius 1 is 1.40 bits per heavy atom. The summed E-state index contributed by atoms with van der Waals surface area (Å²) in [4.78, 5) is 10.9. The Balaban J connectivity index is 2.51. The van der Waals surface area contributed by atoms with Gasteiger partial charge in [0, 0.05) is 6.07 Å². The number of nitrogens with two attached hydrogens (primary N) is 1. The van der Waals surface area contributed by atoms with E-state index in [0.717, 1.165) is 10.7 Å². The maximum absolute atomic E-state index is 13.5. The number of carbonyl (C=O) groups is 1. The van der Waals surface area contributed by atoms with Gasteiger partial charge in [-0.05, 0) is 12.1 Å². The molecule has 1 heterocycles. The fraction of sp³-hybridized carbons (Fsp3) is 0.167. The maximum atomic E-state index is 13.5. The Morgan fingerprint density at radius 2 is 2.05 bits per heavy atom. The molecule has 0 bridgehead atoms. The SMILES string of the molecule is NC(=O)Nc1cc(C(F)(F)CO)nn1-c1ccccc1. The number of nitrogens with zero attached hydrogens (tertiary/aromatic N) is 2. The van der Waals surface area contributed by atoms with Gasteiger partial charge in [-0.3, -0.25) is 5.32 Å². The molecule has 0 spiro atoms. The van der Waals surface area contributed by atoms with Crippen molar-refractivity contribution in [3.63, 3.8) is 0 Å². The first-order chi connectivity index (χ1) is 9.44. The molecule has 0 saturated heterocycles. The summed E-state index contributed by atoms with van der Waals surface area (Å²) >= 11 is 0. The molecule has 0 unspecified atom stereocenters. The Kier molecular flexibility index (Phi) is 3.66.